The summed E-state index contributed by atoms with van der Waals surface area (Å²) >= 11 is 0. The first-order chi connectivity index (χ1) is 11.9. The molecule has 9 heteroatoms. The molecular weight excluding hydrogens is 324 g/mol. The molecule has 0 aromatic carbocycles. The van der Waals surface area contributed by atoms with Crippen molar-refractivity contribution in [3.8, 4) is 0 Å². The molecule has 0 radical (unpaired) electrons. The van der Waals surface area contributed by atoms with Gasteiger partial charge in [-0.3, -0.25) is 18.7 Å². The van der Waals surface area contributed by atoms with Crippen molar-refractivity contribution in [1.29, 1.82) is 0 Å². The maximum absolute atomic E-state index is 12.9. The number of fused-ring (bicyclic) bond motifs is 1. The standard InChI is InChI=1S/C16H20N6O3/c1-9-7-21(8-12-17-18-14(22(9)12)10-4-5-10)15(24)11-6-13(23)20(3)16(25)19(11)2/h6,9-10H,4-5,7-8H2,1-3H3/t9-/m0/s1. The molecule has 0 bridgehead atoms. The van der Waals surface area contributed by atoms with E-state index in [4.69, 9.17) is 0 Å². The molecule has 1 amide bonds. The lowest BCUT2D eigenvalue weighted by atomic mass is 10.2. The minimum Gasteiger partial charge on any atom is -0.328 e. The van der Waals surface area contributed by atoms with E-state index < -0.39 is 11.2 Å². The van der Waals surface area contributed by atoms with Crippen LogP contribution in [0.1, 0.15) is 53.9 Å². The van der Waals surface area contributed by atoms with Gasteiger partial charge < -0.3 is 9.47 Å². The predicted octanol–water partition coefficient (Wildman–Crippen LogP) is -0.230. The van der Waals surface area contributed by atoms with Crippen LogP contribution in [0, 0.1) is 0 Å². The number of carbonyl (C=O) groups is 1. The van der Waals surface area contributed by atoms with E-state index in [0.29, 0.717) is 19.0 Å². The molecule has 132 valence electrons. The second kappa shape index (κ2) is 5.40. The van der Waals surface area contributed by atoms with Crippen molar-refractivity contribution >= 4 is 5.91 Å². The summed E-state index contributed by atoms with van der Waals surface area (Å²) in [5.41, 5.74) is -0.911. The van der Waals surface area contributed by atoms with Gasteiger partial charge in [-0.25, -0.2) is 4.79 Å². The summed E-state index contributed by atoms with van der Waals surface area (Å²) in [6.45, 7) is 2.85. The molecule has 3 heterocycles. The smallest absolute Gasteiger partial charge is 0.328 e. The Kier molecular flexibility index (Phi) is 3.41. The first-order valence-corrected chi connectivity index (χ1v) is 8.38. The van der Waals surface area contributed by atoms with E-state index in [1.54, 1.807) is 4.90 Å². The van der Waals surface area contributed by atoms with Crippen LogP contribution in [0.2, 0.25) is 0 Å². The summed E-state index contributed by atoms with van der Waals surface area (Å²) in [7, 11) is 2.89. The van der Waals surface area contributed by atoms with Gasteiger partial charge in [0.2, 0.25) is 0 Å². The molecule has 2 aromatic rings. The molecule has 0 N–H and O–H groups in total. The Hall–Kier alpha value is -2.71. The molecule has 0 saturated heterocycles. The number of rotatable bonds is 2. The van der Waals surface area contributed by atoms with Crippen LogP contribution < -0.4 is 11.2 Å². The van der Waals surface area contributed by atoms with E-state index in [0.717, 1.165) is 29.1 Å². The first kappa shape index (κ1) is 15.8. The number of carbonyl (C=O) groups excluding carboxylic acids is 1. The molecule has 0 unspecified atom stereocenters. The zero-order valence-corrected chi connectivity index (χ0v) is 14.5. The molecule has 9 nitrogen and oxygen atoms in total. The first-order valence-electron chi connectivity index (χ1n) is 8.38. The molecule has 25 heavy (non-hydrogen) atoms. The van der Waals surface area contributed by atoms with Gasteiger partial charge in [0.25, 0.3) is 11.5 Å². The molecule has 1 fully saturated rings. The van der Waals surface area contributed by atoms with Crippen molar-refractivity contribution in [3.05, 3.63) is 44.2 Å². The maximum atomic E-state index is 12.9. The van der Waals surface area contributed by atoms with Crippen LogP contribution in [0.5, 0.6) is 0 Å². The van der Waals surface area contributed by atoms with Crippen LogP contribution in [0.3, 0.4) is 0 Å². The summed E-state index contributed by atoms with van der Waals surface area (Å²) < 4.78 is 4.32. The largest absolute Gasteiger partial charge is 0.331 e. The van der Waals surface area contributed by atoms with Crippen molar-refractivity contribution in [3.63, 3.8) is 0 Å². The Morgan fingerprint density at radius 1 is 1.16 bits per heavy atom. The topological polar surface area (TPSA) is 95.0 Å². The number of amides is 1. The normalized spacial score (nSPS) is 19.8. The number of aromatic nitrogens is 5. The molecular formula is C16H20N6O3. The monoisotopic (exact) mass is 344 g/mol. The van der Waals surface area contributed by atoms with Gasteiger partial charge in [-0.1, -0.05) is 0 Å². The van der Waals surface area contributed by atoms with Crippen LogP contribution >= 0.6 is 0 Å². The average molecular weight is 344 g/mol. The quantitative estimate of drug-likeness (QED) is 0.750. The third-order valence-electron chi connectivity index (χ3n) is 5.03. The van der Waals surface area contributed by atoms with Gasteiger partial charge in [0.1, 0.15) is 11.5 Å². The van der Waals surface area contributed by atoms with Gasteiger partial charge in [-0.15, -0.1) is 10.2 Å². The molecule has 0 spiro atoms. The molecule has 2 aromatic heterocycles. The molecule has 2 aliphatic rings. The fourth-order valence-corrected chi connectivity index (χ4v) is 3.44. The molecule has 1 aliphatic carbocycles. The minimum absolute atomic E-state index is 0.0573. The van der Waals surface area contributed by atoms with Crippen molar-refractivity contribution in [1.82, 2.24) is 28.8 Å². The summed E-state index contributed by atoms with van der Waals surface area (Å²) in [6.07, 6.45) is 2.28. The lowest BCUT2D eigenvalue weighted by Gasteiger charge is -2.33. The average Bonchev–Trinajstić information content (AvgIpc) is 3.34. The Morgan fingerprint density at radius 2 is 1.88 bits per heavy atom. The van der Waals surface area contributed by atoms with Gasteiger partial charge >= 0.3 is 5.69 Å². The van der Waals surface area contributed by atoms with Crippen LogP contribution in [-0.4, -0.2) is 41.3 Å². The van der Waals surface area contributed by atoms with Gasteiger partial charge in [-0.05, 0) is 19.8 Å². The summed E-state index contributed by atoms with van der Waals surface area (Å²) in [6, 6.07) is 1.27. The molecule has 1 saturated carbocycles. The highest BCUT2D eigenvalue weighted by atomic mass is 16.2. The van der Waals surface area contributed by atoms with Crippen LogP contribution in [-0.2, 0) is 20.6 Å². The molecule has 4 rings (SSSR count). The predicted molar refractivity (Wildman–Crippen MR) is 88.4 cm³/mol. The Morgan fingerprint density at radius 3 is 2.56 bits per heavy atom. The lowest BCUT2D eigenvalue weighted by molar-refractivity contribution is 0.0667. The van der Waals surface area contributed by atoms with Gasteiger partial charge in [0.05, 0.1) is 12.6 Å². The summed E-state index contributed by atoms with van der Waals surface area (Å²) in [4.78, 5) is 38.5. The Labute approximate surface area is 143 Å². The maximum Gasteiger partial charge on any atom is 0.331 e. The highest BCUT2D eigenvalue weighted by Crippen LogP contribution is 2.41. The fraction of sp³-hybridized carbons (Fsp3) is 0.562. The van der Waals surface area contributed by atoms with E-state index in [1.165, 1.54) is 24.7 Å². The zero-order valence-electron chi connectivity index (χ0n) is 14.5. The van der Waals surface area contributed by atoms with Crippen LogP contribution in [0.25, 0.3) is 0 Å². The SMILES string of the molecule is C[C@H]1CN(C(=O)c2cc(=O)n(C)c(=O)n2C)Cc2nnc(C3CC3)n21. The highest BCUT2D eigenvalue weighted by Gasteiger charge is 2.36. The summed E-state index contributed by atoms with van der Waals surface area (Å²) in [5.74, 6) is 1.91. The number of hydrogen-bond donors (Lipinski definition) is 0. The van der Waals surface area contributed by atoms with Crippen molar-refractivity contribution in [2.24, 2.45) is 14.1 Å². The number of hydrogen-bond acceptors (Lipinski definition) is 5. The second-order valence-corrected chi connectivity index (χ2v) is 6.92. The molecule has 1 atom stereocenters. The van der Waals surface area contributed by atoms with Crippen molar-refractivity contribution < 1.29 is 4.79 Å². The third-order valence-corrected chi connectivity index (χ3v) is 5.03. The van der Waals surface area contributed by atoms with Gasteiger partial charge in [0, 0.05) is 32.6 Å². The van der Waals surface area contributed by atoms with E-state index in [1.807, 2.05) is 6.92 Å². The highest BCUT2D eigenvalue weighted by molar-refractivity contribution is 5.92. The van der Waals surface area contributed by atoms with Gasteiger partial charge in [0.15, 0.2) is 5.82 Å². The van der Waals surface area contributed by atoms with Gasteiger partial charge in [-0.2, -0.15) is 0 Å². The second-order valence-electron chi connectivity index (χ2n) is 6.92. The van der Waals surface area contributed by atoms with Crippen molar-refractivity contribution in [2.75, 3.05) is 6.54 Å². The summed E-state index contributed by atoms with van der Waals surface area (Å²) in [5, 5.41) is 8.55. The van der Waals surface area contributed by atoms with Crippen molar-refractivity contribution in [2.45, 2.75) is 38.3 Å². The third kappa shape index (κ3) is 2.41. The molecule has 1 aliphatic heterocycles. The zero-order chi connectivity index (χ0) is 17.9. The van der Waals surface area contributed by atoms with E-state index in [9.17, 15) is 14.4 Å². The number of nitrogens with zero attached hydrogens (tertiary/aromatic N) is 6. The Balaban J connectivity index is 1.68. The van der Waals surface area contributed by atoms with Crippen LogP contribution in [0.15, 0.2) is 15.7 Å². The minimum atomic E-state index is -0.514. The van der Waals surface area contributed by atoms with Crippen LogP contribution in [0.4, 0.5) is 0 Å². The van der Waals surface area contributed by atoms with E-state index >= 15 is 0 Å². The Bertz CT molecular complexity index is 981. The fourth-order valence-electron chi connectivity index (χ4n) is 3.44. The van der Waals surface area contributed by atoms with E-state index in [2.05, 4.69) is 14.8 Å². The van der Waals surface area contributed by atoms with E-state index in [-0.39, 0.29) is 17.6 Å². The lowest BCUT2D eigenvalue weighted by Crippen LogP contribution is -2.45.